The standard InChI is InChI=1S/C21H19N3O4S2/c1-28-15-6-4-14(5-7-15)22-18(25)13-24-17-9-12-30-19(17)20(26)23(21(24)27)10-8-16-3-2-11-29-16/h2-7,9,11-12H,8,10,13H2,1H3,(H,22,25). The number of ether oxygens (including phenoxy) is 1. The fourth-order valence-corrected chi connectivity index (χ4v) is 4.72. The number of hydrogen-bond donors (Lipinski definition) is 1. The number of benzene rings is 1. The number of thiophene rings is 2. The van der Waals surface area contributed by atoms with Gasteiger partial charge in [0.25, 0.3) is 5.56 Å². The maximum absolute atomic E-state index is 13.1. The first kappa shape index (κ1) is 20.1. The lowest BCUT2D eigenvalue weighted by Crippen LogP contribution is -2.41. The van der Waals surface area contributed by atoms with Crippen LogP contribution < -0.4 is 21.3 Å². The zero-order valence-corrected chi connectivity index (χ0v) is 17.8. The van der Waals surface area contributed by atoms with Crippen LogP contribution in [0.15, 0.2) is 62.8 Å². The first-order chi connectivity index (χ1) is 14.6. The van der Waals surface area contributed by atoms with Crippen LogP contribution in [0, 0.1) is 0 Å². The maximum atomic E-state index is 13.1. The first-order valence-corrected chi connectivity index (χ1v) is 11.0. The molecule has 0 aliphatic heterocycles. The topological polar surface area (TPSA) is 82.3 Å². The number of nitrogens with one attached hydrogen (secondary N) is 1. The Labute approximate surface area is 179 Å². The highest BCUT2D eigenvalue weighted by Gasteiger charge is 2.16. The third-order valence-electron chi connectivity index (χ3n) is 4.67. The van der Waals surface area contributed by atoms with Crippen LogP contribution in [0.1, 0.15) is 4.88 Å². The van der Waals surface area contributed by atoms with Gasteiger partial charge >= 0.3 is 5.69 Å². The van der Waals surface area contributed by atoms with Crippen molar-refractivity contribution in [2.45, 2.75) is 19.5 Å². The third kappa shape index (κ3) is 4.07. The molecule has 0 fully saturated rings. The zero-order chi connectivity index (χ0) is 21.1. The number of nitrogens with zero attached hydrogens (tertiary/aromatic N) is 2. The molecule has 1 amide bonds. The highest BCUT2D eigenvalue weighted by Crippen LogP contribution is 2.17. The molecule has 4 rings (SSSR count). The third-order valence-corrected chi connectivity index (χ3v) is 6.50. The van der Waals surface area contributed by atoms with Crippen LogP contribution in [0.2, 0.25) is 0 Å². The van der Waals surface area contributed by atoms with Crippen molar-refractivity contribution in [3.05, 3.63) is 78.9 Å². The van der Waals surface area contributed by atoms with E-state index in [1.807, 2.05) is 17.5 Å². The van der Waals surface area contributed by atoms with E-state index < -0.39 is 5.69 Å². The number of methoxy groups -OCH3 is 1. The monoisotopic (exact) mass is 441 g/mol. The van der Waals surface area contributed by atoms with Crippen LogP contribution in [0.25, 0.3) is 10.2 Å². The molecule has 0 saturated carbocycles. The van der Waals surface area contributed by atoms with Crippen LogP contribution in [-0.2, 0) is 24.3 Å². The van der Waals surface area contributed by atoms with Crippen LogP contribution in [0.4, 0.5) is 5.69 Å². The molecular formula is C21H19N3O4S2. The minimum absolute atomic E-state index is 0.183. The van der Waals surface area contributed by atoms with Gasteiger partial charge in [-0.3, -0.25) is 18.7 Å². The van der Waals surface area contributed by atoms with Crippen molar-refractivity contribution in [3.8, 4) is 5.75 Å². The van der Waals surface area contributed by atoms with Crippen LogP contribution in [-0.4, -0.2) is 22.2 Å². The van der Waals surface area contributed by atoms with E-state index in [-0.39, 0.29) is 24.6 Å². The molecule has 0 aliphatic carbocycles. The van der Waals surface area contributed by atoms with Gasteiger partial charge in [0.05, 0.1) is 12.6 Å². The summed E-state index contributed by atoms with van der Waals surface area (Å²) in [6.45, 7) is 0.0868. The van der Waals surface area contributed by atoms with Gasteiger partial charge in [-0.15, -0.1) is 22.7 Å². The summed E-state index contributed by atoms with van der Waals surface area (Å²) in [6.07, 6.45) is 0.585. The van der Waals surface area contributed by atoms with Gasteiger partial charge in [0.2, 0.25) is 5.91 Å². The van der Waals surface area contributed by atoms with Crippen molar-refractivity contribution in [1.82, 2.24) is 9.13 Å². The molecule has 1 aromatic carbocycles. The smallest absolute Gasteiger partial charge is 0.332 e. The molecule has 3 heterocycles. The van der Waals surface area contributed by atoms with Crippen molar-refractivity contribution in [2.24, 2.45) is 0 Å². The average molecular weight is 442 g/mol. The Morgan fingerprint density at radius 1 is 1.03 bits per heavy atom. The van der Waals surface area contributed by atoms with Gasteiger partial charge in [-0.2, -0.15) is 0 Å². The summed E-state index contributed by atoms with van der Waals surface area (Å²) in [5.74, 6) is 0.334. The second-order valence-electron chi connectivity index (χ2n) is 6.57. The Kier molecular flexibility index (Phi) is 5.82. The van der Waals surface area contributed by atoms with Crippen molar-refractivity contribution in [1.29, 1.82) is 0 Å². The molecule has 9 heteroatoms. The van der Waals surface area contributed by atoms with Gasteiger partial charge in [0, 0.05) is 17.1 Å². The molecule has 1 N–H and O–H groups in total. The van der Waals surface area contributed by atoms with Gasteiger partial charge in [-0.05, 0) is 53.6 Å². The van der Waals surface area contributed by atoms with E-state index in [1.165, 1.54) is 20.5 Å². The van der Waals surface area contributed by atoms with Crippen molar-refractivity contribution in [3.63, 3.8) is 0 Å². The zero-order valence-electron chi connectivity index (χ0n) is 16.2. The Balaban J connectivity index is 1.62. The molecule has 3 aromatic heterocycles. The van der Waals surface area contributed by atoms with E-state index in [9.17, 15) is 14.4 Å². The molecule has 4 aromatic rings. The normalized spacial score (nSPS) is 11.0. The highest BCUT2D eigenvalue weighted by molar-refractivity contribution is 7.17. The molecule has 0 atom stereocenters. The number of fused-ring (bicyclic) bond motifs is 1. The molecule has 0 saturated heterocycles. The number of aryl methyl sites for hydroxylation is 1. The summed E-state index contributed by atoms with van der Waals surface area (Å²) in [6, 6.07) is 12.5. The molecule has 7 nitrogen and oxygen atoms in total. The van der Waals surface area contributed by atoms with E-state index in [4.69, 9.17) is 4.74 Å². The number of rotatable bonds is 7. The lowest BCUT2D eigenvalue weighted by atomic mass is 10.3. The number of amides is 1. The molecule has 0 spiro atoms. The summed E-state index contributed by atoms with van der Waals surface area (Å²) >= 11 is 2.86. The molecule has 0 radical (unpaired) electrons. The Morgan fingerprint density at radius 2 is 1.83 bits per heavy atom. The minimum atomic E-state index is -0.479. The van der Waals surface area contributed by atoms with Gasteiger partial charge in [0.15, 0.2) is 0 Å². The molecular weight excluding hydrogens is 422 g/mol. The van der Waals surface area contributed by atoms with Crippen LogP contribution in [0.3, 0.4) is 0 Å². The molecule has 0 unspecified atom stereocenters. The van der Waals surface area contributed by atoms with E-state index >= 15 is 0 Å². The summed E-state index contributed by atoms with van der Waals surface area (Å²) in [5.41, 5.74) is 0.286. The first-order valence-electron chi connectivity index (χ1n) is 9.24. The van der Waals surface area contributed by atoms with Crippen molar-refractivity contribution in [2.75, 3.05) is 12.4 Å². The van der Waals surface area contributed by atoms with E-state index in [0.717, 1.165) is 4.88 Å². The quantitative estimate of drug-likeness (QED) is 0.478. The molecule has 30 heavy (non-hydrogen) atoms. The van der Waals surface area contributed by atoms with Crippen LogP contribution in [0.5, 0.6) is 5.75 Å². The van der Waals surface area contributed by atoms with Gasteiger partial charge in [-0.25, -0.2) is 4.79 Å². The lowest BCUT2D eigenvalue weighted by Gasteiger charge is -2.12. The Morgan fingerprint density at radius 3 is 2.53 bits per heavy atom. The van der Waals surface area contributed by atoms with Crippen molar-refractivity contribution >= 4 is 44.5 Å². The molecule has 0 bridgehead atoms. The Bertz CT molecular complexity index is 1280. The molecule has 154 valence electrons. The second kappa shape index (κ2) is 8.68. The number of hydrogen-bond acceptors (Lipinski definition) is 6. The summed E-state index contributed by atoms with van der Waals surface area (Å²) in [4.78, 5) is 39.6. The number of carbonyl (C=O) groups excluding carboxylic acids is 1. The highest BCUT2D eigenvalue weighted by atomic mass is 32.1. The second-order valence-corrected chi connectivity index (χ2v) is 8.51. The number of anilines is 1. The lowest BCUT2D eigenvalue weighted by molar-refractivity contribution is -0.116. The maximum Gasteiger partial charge on any atom is 0.332 e. The van der Waals surface area contributed by atoms with E-state index in [0.29, 0.717) is 28.1 Å². The minimum Gasteiger partial charge on any atom is -0.497 e. The SMILES string of the molecule is COc1ccc(NC(=O)Cn2c(=O)n(CCc3cccs3)c(=O)c3sccc32)cc1. The van der Waals surface area contributed by atoms with E-state index in [1.54, 1.807) is 54.2 Å². The van der Waals surface area contributed by atoms with Crippen molar-refractivity contribution < 1.29 is 9.53 Å². The van der Waals surface area contributed by atoms with Crippen LogP contribution >= 0.6 is 22.7 Å². The number of carbonyl (C=O) groups is 1. The van der Waals surface area contributed by atoms with E-state index in [2.05, 4.69) is 5.32 Å². The molecule has 0 aliphatic rings. The number of aromatic nitrogens is 2. The fourth-order valence-electron chi connectivity index (χ4n) is 3.18. The summed E-state index contributed by atoms with van der Waals surface area (Å²) in [5, 5.41) is 6.50. The van der Waals surface area contributed by atoms with Gasteiger partial charge in [0.1, 0.15) is 17.0 Å². The Hall–Kier alpha value is -3.17. The predicted octanol–water partition coefficient (Wildman–Crippen LogP) is 3.18. The fraction of sp³-hybridized carbons (Fsp3) is 0.190. The predicted molar refractivity (Wildman–Crippen MR) is 120 cm³/mol. The largest absolute Gasteiger partial charge is 0.497 e. The van der Waals surface area contributed by atoms with Gasteiger partial charge < -0.3 is 10.1 Å². The summed E-state index contributed by atoms with van der Waals surface area (Å²) < 4.78 is 8.16. The summed E-state index contributed by atoms with van der Waals surface area (Å²) in [7, 11) is 1.57. The average Bonchev–Trinajstić information content (AvgIpc) is 3.44. The van der Waals surface area contributed by atoms with Gasteiger partial charge in [-0.1, -0.05) is 6.07 Å².